The Morgan fingerprint density at radius 1 is 1.50 bits per heavy atom. The van der Waals surface area contributed by atoms with Gasteiger partial charge in [-0.1, -0.05) is 0 Å². The zero-order valence-electron chi connectivity index (χ0n) is 8.17. The summed E-state index contributed by atoms with van der Waals surface area (Å²) in [5, 5.41) is 0. The highest BCUT2D eigenvalue weighted by atomic mass is 79.9. The Kier molecular flexibility index (Phi) is 4.12. The normalized spacial score (nSPS) is 10.3. The van der Waals surface area contributed by atoms with Crippen LogP contribution in [0.25, 0.3) is 0 Å². The molecule has 0 atom stereocenters. The molecule has 0 radical (unpaired) electrons. The van der Waals surface area contributed by atoms with E-state index in [4.69, 9.17) is 0 Å². The third kappa shape index (κ3) is 2.63. The van der Waals surface area contributed by atoms with Crippen LogP contribution in [0.5, 0.6) is 5.75 Å². The fourth-order valence-corrected chi connectivity index (χ4v) is 1.86. The highest BCUT2D eigenvalue weighted by molar-refractivity contribution is 9.10. The van der Waals surface area contributed by atoms with E-state index in [1.165, 1.54) is 13.0 Å². The molecule has 0 spiro atoms. The van der Waals surface area contributed by atoms with E-state index < -0.39 is 6.61 Å². The standard InChI is InChI=1S/C10H7BrF2O3/c1-5(15)6-2-3-8(16-10(12)13)7(4-14)9(6)11/h2-4,10H,1H3. The van der Waals surface area contributed by atoms with Gasteiger partial charge in [-0.15, -0.1) is 0 Å². The maximum Gasteiger partial charge on any atom is 0.387 e. The van der Waals surface area contributed by atoms with Crippen LogP contribution in [-0.4, -0.2) is 18.7 Å². The molecule has 1 rings (SSSR count). The van der Waals surface area contributed by atoms with Crippen LogP contribution in [0.4, 0.5) is 8.78 Å². The molecule has 0 aliphatic rings. The van der Waals surface area contributed by atoms with Gasteiger partial charge in [-0.3, -0.25) is 9.59 Å². The van der Waals surface area contributed by atoms with Crippen LogP contribution in [0, 0.1) is 0 Å². The lowest BCUT2D eigenvalue weighted by Crippen LogP contribution is -2.06. The third-order valence-corrected chi connectivity index (χ3v) is 2.71. The highest BCUT2D eigenvalue weighted by Gasteiger charge is 2.16. The topological polar surface area (TPSA) is 43.4 Å². The minimum absolute atomic E-state index is 0.104. The van der Waals surface area contributed by atoms with Crippen molar-refractivity contribution < 1.29 is 23.1 Å². The number of carbonyl (C=O) groups is 2. The second-order valence-electron chi connectivity index (χ2n) is 2.89. The average molecular weight is 293 g/mol. The maximum atomic E-state index is 12.0. The average Bonchev–Trinajstić information content (AvgIpc) is 2.16. The first-order valence-corrected chi connectivity index (χ1v) is 5.00. The van der Waals surface area contributed by atoms with Crippen LogP contribution in [0.3, 0.4) is 0 Å². The van der Waals surface area contributed by atoms with Crippen molar-refractivity contribution in [1.29, 1.82) is 0 Å². The summed E-state index contributed by atoms with van der Waals surface area (Å²) in [5.41, 5.74) is 0.136. The molecule has 0 N–H and O–H groups in total. The van der Waals surface area contributed by atoms with Crippen LogP contribution >= 0.6 is 15.9 Å². The predicted octanol–water partition coefficient (Wildman–Crippen LogP) is 3.07. The van der Waals surface area contributed by atoms with E-state index in [1.54, 1.807) is 0 Å². The summed E-state index contributed by atoms with van der Waals surface area (Å²) in [7, 11) is 0. The van der Waals surface area contributed by atoms with Crippen molar-refractivity contribution in [3.8, 4) is 5.75 Å². The first kappa shape index (κ1) is 12.8. The summed E-state index contributed by atoms with van der Waals surface area (Å²) < 4.78 is 28.3. The number of ketones is 1. The molecular formula is C10H7BrF2O3. The molecule has 86 valence electrons. The van der Waals surface area contributed by atoms with Crippen molar-refractivity contribution in [1.82, 2.24) is 0 Å². The van der Waals surface area contributed by atoms with Gasteiger partial charge in [-0.2, -0.15) is 8.78 Å². The molecule has 6 heteroatoms. The summed E-state index contributed by atoms with van der Waals surface area (Å²) in [6.07, 6.45) is 0.355. The van der Waals surface area contributed by atoms with Crippen LogP contribution in [-0.2, 0) is 0 Å². The molecule has 0 aliphatic heterocycles. The van der Waals surface area contributed by atoms with Gasteiger partial charge in [0.15, 0.2) is 12.1 Å². The summed E-state index contributed by atoms with van der Waals surface area (Å²) in [5.74, 6) is -0.541. The maximum absolute atomic E-state index is 12.0. The van der Waals surface area contributed by atoms with Crippen LogP contribution in [0.2, 0.25) is 0 Å². The van der Waals surface area contributed by atoms with E-state index in [0.717, 1.165) is 6.07 Å². The largest absolute Gasteiger partial charge is 0.434 e. The Balaban J connectivity index is 3.29. The quantitative estimate of drug-likeness (QED) is 0.633. The molecule has 0 unspecified atom stereocenters. The van der Waals surface area contributed by atoms with Crippen molar-refractivity contribution in [2.45, 2.75) is 13.5 Å². The number of benzene rings is 1. The Labute approximate surface area is 98.5 Å². The second kappa shape index (κ2) is 5.16. The van der Waals surface area contributed by atoms with Gasteiger partial charge in [-0.25, -0.2) is 0 Å². The van der Waals surface area contributed by atoms with E-state index in [0.29, 0.717) is 6.29 Å². The van der Waals surface area contributed by atoms with Gasteiger partial charge >= 0.3 is 6.61 Å². The van der Waals surface area contributed by atoms with Crippen molar-refractivity contribution in [2.75, 3.05) is 0 Å². The summed E-state index contributed by atoms with van der Waals surface area (Å²) in [4.78, 5) is 21.9. The molecule has 1 aromatic carbocycles. The van der Waals surface area contributed by atoms with Crippen molar-refractivity contribution in [2.24, 2.45) is 0 Å². The van der Waals surface area contributed by atoms with Gasteiger partial charge in [0.1, 0.15) is 5.75 Å². The number of carbonyl (C=O) groups excluding carboxylic acids is 2. The van der Waals surface area contributed by atoms with E-state index in [9.17, 15) is 18.4 Å². The van der Waals surface area contributed by atoms with Crippen molar-refractivity contribution >= 4 is 28.0 Å². The van der Waals surface area contributed by atoms with Crippen LogP contribution in [0.1, 0.15) is 27.6 Å². The van der Waals surface area contributed by atoms with Crippen molar-refractivity contribution in [3.63, 3.8) is 0 Å². The number of ether oxygens (including phenoxy) is 1. The Bertz CT molecular complexity index is 432. The Morgan fingerprint density at radius 3 is 2.56 bits per heavy atom. The summed E-state index contributed by atoms with van der Waals surface area (Å²) in [6, 6.07) is 2.48. The minimum atomic E-state index is -3.02. The first-order valence-electron chi connectivity index (χ1n) is 4.20. The molecular weight excluding hydrogens is 286 g/mol. The molecule has 0 saturated heterocycles. The number of halogens is 3. The first-order chi connectivity index (χ1) is 7.47. The molecule has 0 aliphatic carbocycles. The summed E-state index contributed by atoms with van der Waals surface area (Å²) >= 11 is 3.01. The van der Waals surface area contributed by atoms with E-state index >= 15 is 0 Å². The van der Waals surface area contributed by atoms with Gasteiger partial charge < -0.3 is 4.74 Å². The summed E-state index contributed by atoms with van der Waals surface area (Å²) in [6.45, 7) is -1.71. The lowest BCUT2D eigenvalue weighted by atomic mass is 10.1. The smallest absolute Gasteiger partial charge is 0.387 e. The van der Waals surface area contributed by atoms with Gasteiger partial charge in [0.2, 0.25) is 0 Å². The Hall–Kier alpha value is -1.30. The molecule has 0 amide bonds. The van der Waals surface area contributed by atoms with Gasteiger partial charge in [0.05, 0.1) is 5.56 Å². The Morgan fingerprint density at radius 2 is 2.12 bits per heavy atom. The predicted molar refractivity (Wildman–Crippen MR) is 56.2 cm³/mol. The number of hydrogen-bond donors (Lipinski definition) is 0. The monoisotopic (exact) mass is 292 g/mol. The van der Waals surface area contributed by atoms with Gasteiger partial charge in [0, 0.05) is 10.0 Å². The fourth-order valence-electron chi connectivity index (χ4n) is 1.16. The van der Waals surface area contributed by atoms with Gasteiger partial charge in [-0.05, 0) is 35.0 Å². The molecule has 3 nitrogen and oxygen atoms in total. The molecule has 1 aromatic rings. The zero-order valence-corrected chi connectivity index (χ0v) is 9.75. The lowest BCUT2D eigenvalue weighted by molar-refractivity contribution is -0.0501. The number of Topliss-reactive ketones (excluding diaryl/α,β-unsaturated/α-hetero) is 1. The number of alkyl halides is 2. The van der Waals surface area contributed by atoms with E-state index in [-0.39, 0.29) is 27.1 Å². The number of hydrogen-bond acceptors (Lipinski definition) is 3. The second-order valence-corrected chi connectivity index (χ2v) is 3.68. The van der Waals surface area contributed by atoms with E-state index in [1.807, 2.05) is 0 Å². The van der Waals surface area contributed by atoms with Crippen LogP contribution in [0.15, 0.2) is 16.6 Å². The molecule has 0 bridgehead atoms. The molecule has 0 aromatic heterocycles. The zero-order chi connectivity index (χ0) is 12.3. The SMILES string of the molecule is CC(=O)c1ccc(OC(F)F)c(C=O)c1Br. The van der Waals surface area contributed by atoms with Crippen LogP contribution < -0.4 is 4.74 Å². The van der Waals surface area contributed by atoms with E-state index in [2.05, 4.69) is 20.7 Å². The number of aldehydes is 1. The molecule has 0 saturated carbocycles. The van der Waals surface area contributed by atoms with Gasteiger partial charge in [0.25, 0.3) is 0 Å². The third-order valence-electron chi connectivity index (χ3n) is 1.85. The minimum Gasteiger partial charge on any atom is -0.434 e. The lowest BCUT2D eigenvalue weighted by Gasteiger charge is -2.10. The number of rotatable bonds is 4. The van der Waals surface area contributed by atoms with Crippen molar-refractivity contribution in [3.05, 3.63) is 27.7 Å². The highest BCUT2D eigenvalue weighted by Crippen LogP contribution is 2.30. The molecule has 16 heavy (non-hydrogen) atoms. The molecule has 0 fully saturated rings. The molecule has 0 heterocycles. The fraction of sp³-hybridized carbons (Fsp3) is 0.200.